The van der Waals surface area contributed by atoms with Gasteiger partial charge in [0, 0.05) is 19.5 Å². The van der Waals surface area contributed by atoms with E-state index < -0.39 is 0 Å². The standard InChI is InChI=1S/C8H16N4O/c1-6(12(3)4)5-9-8-11-10-7(2)13-8/h6H,5H2,1-4H3,(H,9,11). The Hall–Kier alpha value is -1.10. The highest BCUT2D eigenvalue weighted by atomic mass is 16.4. The van der Waals surface area contributed by atoms with Crippen LogP contribution in [0.25, 0.3) is 0 Å². The zero-order valence-electron chi connectivity index (χ0n) is 8.53. The van der Waals surface area contributed by atoms with E-state index >= 15 is 0 Å². The fraction of sp³-hybridized carbons (Fsp3) is 0.750. The third kappa shape index (κ3) is 3.02. The highest BCUT2D eigenvalue weighted by Crippen LogP contribution is 2.03. The lowest BCUT2D eigenvalue weighted by Crippen LogP contribution is -2.31. The maximum atomic E-state index is 5.16. The van der Waals surface area contributed by atoms with E-state index in [2.05, 4.69) is 27.3 Å². The monoisotopic (exact) mass is 184 g/mol. The lowest BCUT2D eigenvalue weighted by atomic mass is 10.3. The summed E-state index contributed by atoms with van der Waals surface area (Å²) < 4.78 is 5.16. The first-order valence-electron chi connectivity index (χ1n) is 4.30. The van der Waals surface area contributed by atoms with Crippen molar-refractivity contribution in [2.75, 3.05) is 26.0 Å². The molecule has 74 valence electrons. The van der Waals surface area contributed by atoms with Crippen LogP contribution in [0.1, 0.15) is 12.8 Å². The quantitative estimate of drug-likeness (QED) is 0.748. The van der Waals surface area contributed by atoms with Gasteiger partial charge in [-0.1, -0.05) is 5.10 Å². The molecule has 0 saturated carbocycles. The van der Waals surface area contributed by atoms with Gasteiger partial charge >= 0.3 is 6.01 Å². The Kier molecular flexibility index (Phi) is 3.25. The van der Waals surface area contributed by atoms with Crippen LogP contribution in [0.2, 0.25) is 0 Å². The first-order chi connectivity index (χ1) is 6.09. The van der Waals surface area contributed by atoms with Crippen LogP contribution < -0.4 is 5.32 Å². The maximum Gasteiger partial charge on any atom is 0.315 e. The van der Waals surface area contributed by atoms with E-state index in [0.717, 1.165) is 6.54 Å². The highest BCUT2D eigenvalue weighted by molar-refractivity contribution is 5.16. The molecule has 1 N–H and O–H groups in total. The van der Waals surface area contributed by atoms with Crippen molar-refractivity contribution in [3.63, 3.8) is 0 Å². The van der Waals surface area contributed by atoms with Gasteiger partial charge in [-0.3, -0.25) is 0 Å². The maximum absolute atomic E-state index is 5.16. The van der Waals surface area contributed by atoms with Crippen LogP contribution in [0.3, 0.4) is 0 Å². The summed E-state index contributed by atoms with van der Waals surface area (Å²) in [5.41, 5.74) is 0. The van der Waals surface area contributed by atoms with Gasteiger partial charge in [-0.25, -0.2) is 0 Å². The number of hydrogen-bond acceptors (Lipinski definition) is 5. The first kappa shape index (κ1) is 9.98. The predicted molar refractivity (Wildman–Crippen MR) is 50.7 cm³/mol. The SMILES string of the molecule is Cc1nnc(NCC(C)N(C)C)o1. The first-order valence-corrected chi connectivity index (χ1v) is 4.30. The van der Waals surface area contributed by atoms with Gasteiger partial charge < -0.3 is 14.6 Å². The second-order valence-electron chi connectivity index (χ2n) is 3.32. The van der Waals surface area contributed by atoms with Gasteiger partial charge in [0.15, 0.2) is 0 Å². The molecule has 0 bridgehead atoms. The number of rotatable bonds is 4. The van der Waals surface area contributed by atoms with Crippen molar-refractivity contribution < 1.29 is 4.42 Å². The largest absolute Gasteiger partial charge is 0.408 e. The number of likely N-dealkylation sites (N-methyl/N-ethyl adjacent to an activating group) is 1. The van der Waals surface area contributed by atoms with Crippen LogP contribution in [0.4, 0.5) is 6.01 Å². The molecule has 1 rings (SSSR count). The van der Waals surface area contributed by atoms with Crippen LogP contribution >= 0.6 is 0 Å². The summed E-state index contributed by atoms with van der Waals surface area (Å²) in [4.78, 5) is 2.12. The van der Waals surface area contributed by atoms with Gasteiger partial charge in [-0.2, -0.15) is 0 Å². The minimum Gasteiger partial charge on any atom is -0.408 e. The lowest BCUT2D eigenvalue weighted by Gasteiger charge is -2.18. The second-order valence-corrected chi connectivity index (χ2v) is 3.32. The normalized spacial score (nSPS) is 13.3. The van der Waals surface area contributed by atoms with Crippen LogP contribution in [0.15, 0.2) is 4.42 Å². The van der Waals surface area contributed by atoms with E-state index in [1.807, 2.05) is 14.1 Å². The molecule has 0 spiro atoms. The summed E-state index contributed by atoms with van der Waals surface area (Å²) in [6.07, 6.45) is 0. The van der Waals surface area contributed by atoms with Crippen molar-refractivity contribution in [1.29, 1.82) is 0 Å². The summed E-state index contributed by atoms with van der Waals surface area (Å²) >= 11 is 0. The lowest BCUT2D eigenvalue weighted by molar-refractivity contribution is 0.324. The van der Waals surface area contributed by atoms with E-state index in [-0.39, 0.29) is 0 Å². The fourth-order valence-electron chi connectivity index (χ4n) is 0.786. The number of nitrogens with one attached hydrogen (secondary N) is 1. The summed E-state index contributed by atoms with van der Waals surface area (Å²) in [6.45, 7) is 4.69. The number of aryl methyl sites for hydroxylation is 1. The highest BCUT2D eigenvalue weighted by Gasteiger charge is 2.06. The molecule has 1 heterocycles. The zero-order valence-corrected chi connectivity index (χ0v) is 8.53. The van der Waals surface area contributed by atoms with Crippen molar-refractivity contribution in [1.82, 2.24) is 15.1 Å². The Labute approximate surface area is 78.1 Å². The summed E-state index contributed by atoms with van der Waals surface area (Å²) in [7, 11) is 4.07. The van der Waals surface area contributed by atoms with Gasteiger partial charge in [0.25, 0.3) is 0 Å². The zero-order chi connectivity index (χ0) is 9.84. The molecule has 0 saturated heterocycles. The molecule has 0 aliphatic carbocycles. The smallest absolute Gasteiger partial charge is 0.315 e. The molecule has 0 amide bonds. The van der Waals surface area contributed by atoms with Crippen LogP contribution in [-0.2, 0) is 0 Å². The van der Waals surface area contributed by atoms with Crippen LogP contribution in [0.5, 0.6) is 0 Å². The summed E-state index contributed by atoms with van der Waals surface area (Å²) in [6, 6.07) is 0.929. The molecule has 0 aliphatic rings. The molecule has 13 heavy (non-hydrogen) atoms. The second kappa shape index (κ2) is 4.23. The van der Waals surface area contributed by atoms with E-state index in [1.165, 1.54) is 0 Å². The van der Waals surface area contributed by atoms with Crippen molar-refractivity contribution in [3.8, 4) is 0 Å². The Morgan fingerprint density at radius 1 is 1.46 bits per heavy atom. The Balaban J connectivity index is 2.35. The number of nitrogens with zero attached hydrogens (tertiary/aromatic N) is 3. The number of hydrogen-bond donors (Lipinski definition) is 1. The van der Waals surface area contributed by atoms with Gasteiger partial charge in [0.05, 0.1) is 0 Å². The van der Waals surface area contributed by atoms with Crippen molar-refractivity contribution >= 4 is 6.01 Å². The minimum absolute atomic E-state index is 0.437. The van der Waals surface area contributed by atoms with E-state index in [0.29, 0.717) is 17.9 Å². The third-order valence-electron chi connectivity index (χ3n) is 1.96. The molecule has 5 nitrogen and oxygen atoms in total. The molecule has 1 atom stereocenters. The van der Waals surface area contributed by atoms with Crippen molar-refractivity contribution in [2.45, 2.75) is 19.9 Å². The van der Waals surface area contributed by atoms with Crippen LogP contribution in [0, 0.1) is 6.92 Å². The van der Waals surface area contributed by atoms with Crippen LogP contribution in [-0.4, -0.2) is 41.8 Å². The Morgan fingerprint density at radius 2 is 2.15 bits per heavy atom. The average molecular weight is 184 g/mol. The molecule has 0 aromatic carbocycles. The van der Waals surface area contributed by atoms with Gasteiger partial charge in [0.1, 0.15) is 0 Å². The molecule has 0 fully saturated rings. The molecule has 0 radical (unpaired) electrons. The Morgan fingerprint density at radius 3 is 2.62 bits per heavy atom. The Bertz CT molecular complexity index is 258. The number of aromatic nitrogens is 2. The van der Waals surface area contributed by atoms with E-state index in [1.54, 1.807) is 6.92 Å². The molecule has 5 heteroatoms. The van der Waals surface area contributed by atoms with Gasteiger partial charge in [-0.15, -0.1) is 5.10 Å². The van der Waals surface area contributed by atoms with E-state index in [4.69, 9.17) is 4.42 Å². The molecule has 1 aromatic rings. The van der Waals surface area contributed by atoms with Gasteiger partial charge in [-0.05, 0) is 21.0 Å². The molecule has 1 unspecified atom stereocenters. The fourth-order valence-corrected chi connectivity index (χ4v) is 0.786. The molecular weight excluding hydrogens is 168 g/mol. The molecule has 1 aromatic heterocycles. The molecule has 0 aliphatic heterocycles. The average Bonchev–Trinajstić information content (AvgIpc) is 2.47. The third-order valence-corrected chi connectivity index (χ3v) is 1.96. The summed E-state index contributed by atoms with van der Waals surface area (Å²) in [5.74, 6) is 0.583. The van der Waals surface area contributed by atoms with E-state index in [9.17, 15) is 0 Å². The predicted octanol–water partition coefficient (Wildman–Crippen LogP) is 0.740. The number of anilines is 1. The van der Waals surface area contributed by atoms with Crippen molar-refractivity contribution in [2.24, 2.45) is 0 Å². The van der Waals surface area contributed by atoms with Crippen molar-refractivity contribution in [3.05, 3.63) is 5.89 Å². The minimum atomic E-state index is 0.437. The van der Waals surface area contributed by atoms with Gasteiger partial charge in [0.2, 0.25) is 5.89 Å². The summed E-state index contributed by atoms with van der Waals surface area (Å²) in [5, 5.41) is 10.6. The topological polar surface area (TPSA) is 54.2 Å². The molecular formula is C8H16N4O.